The molecule has 44 valence electrons. The van der Waals surface area contributed by atoms with E-state index in [0.717, 1.165) is 6.20 Å². The van der Waals surface area contributed by atoms with Crippen LogP contribution in [0.1, 0.15) is 0 Å². The summed E-state index contributed by atoms with van der Waals surface area (Å²) in [5.74, 6) is -0.421. The minimum absolute atomic E-state index is 0.315. The van der Waals surface area contributed by atoms with E-state index in [9.17, 15) is 4.39 Å². The van der Waals surface area contributed by atoms with E-state index in [4.69, 9.17) is 7.85 Å². The SMILES string of the molecule is [B]c1cc(F)cnc1Br. The van der Waals surface area contributed by atoms with Crippen molar-refractivity contribution in [3.63, 3.8) is 0 Å². The lowest BCUT2D eigenvalue weighted by Crippen LogP contribution is -2.06. The number of hydrogen-bond donors (Lipinski definition) is 0. The van der Waals surface area contributed by atoms with Crippen molar-refractivity contribution in [3.05, 3.63) is 22.7 Å². The molecular formula is C5H2BBrFN. The molecule has 0 fully saturated rings. The van der Waals surface area contributed by atoms with Crippen molar-refractivity contribution in [2.24, 2.45) is 0 Å². The molecule has 0 aromatic carbocycles. The van der Waals surface area contributed by atoms with Crippen LogP contribution in [0.15, 0.2) is 16.9 Å². The van der Waals surface area contributed by atoms with Crippen molar-refractivity contribution in [1.29, 1.82) is 0 Å². The van der Waals surface area contributed by atoms with Gasteiger partial charge in [-0.3, -0.25) is 0 Å². The molecule has 1 heterocycles. The largest absolute Gasteiger partial charge is 0.247 e. The fraction of sp³-hybridized carbons (Fsp3) is 0. The third kappa shape index (κ3) is 1.51. The predicted octanol–water partition coefficient (Wildman–Crippen LogP) is 0.777. The second-order valence-electron chi connectivity index (χ2n) is 1.53. The molecule has 0 amide bonds. The molecule has 0 saturated heterocycles. The fourth-order valence-corrected chi connectivity index (χ4v) is 0.655. The van der Waals surface area contributed by atoms with Gasteiger partial charge < -0.3 is 0 Å². The molecule has 1 aromatic rings. The molecule has 2 radical (unpaired) electrons. The van der Waals surface area contributed by atoms with Crippen molar-refractivity contribution in [3.8, 4) is 0 Å². The molecule has 0 spiro atoms. The first kappa shape index (κ1) is 6.74. The first-order chi connectivity index (χ1) is 4.20. The molecule has 0 unspecified atom stereocenters. The van der Waals surface area contributed by atoms with Gasteiger partial charge in [-0.2, -0.15) is 0 Å². The monoisotopic (exact) mass is 185 g/mol. The van der Waals surface area contributed by atoms with Gasteiger partial charge in [0.2, 0.25) is 0 Å². The Labute approximate surface area is 61.8 Å². The van der Waals surface area contributed by atoms with Crippen LogP contribution < -0.4 is 5.46 Å². The molecule has 1 aromatic heterocycles. The van der Waals surface area contributed by atoms with Gasteiger partial charge in [-0.15, -0.1) is 0 Å². The molecule has 9 heavy (non-hydrogen) atoms. The number of halogens is 2. The maximum absolute atomic E-state index is 12.2. The summed E-state index contributed by atoms with van der Waals surface area (Å²) in [5.41, 5.74) is 0.315. The van der Waals surface area contributed by atoms with E-state index in [0.29, 0.717) is 10.1 Å². The Morgan fingerprint density at radius 2 is 2.33 bits per heavy atom. The molecule has 1 nitrogen and oxygen atoms in total. The van der Waals surface area contributed by atoms with E-state index >= 15 is 0 Å². The highest BCUT2D eigenvalue weighted by Gasteiger charge is 1.94. The van der Waals surface area contributed by atoms with Crippen LogP contribution in [0.5, 0.6) is 0 Å². The van der Waals surface area contributed by atoms with Crippen LogP contribution in [0.4, 0.5) is 4.39 Å². The molecule has 4 heteroatoms. The summed E-state index contributed by atoms with van der Waals surface area (Å²) in [5, 5.41) is 0. The third-order valence-corrected chi connectivity index (χ3v) is 1.50. The number of nitrogens with zero attached hydrogens (tertiary/aromatic N) is 1. The molecule has 0 aliphatic heterocycles. The van der Waals surface area contributed by atoms with Gasteiger partial charge in [-0.1, -0.05) is 5.46 Å². The smallest absolute Gasteiger partial charge is 0.140 e. The van der Waals surface area contributed by atoms with E-state index in [1.54, 1.807) is 0 Å². The fourth-order valence-electron chi connectivity index (χ4n) is 0.438. The second kappa shape index (κ2) is 2.48. The van der Waals surface area contributed by atoms with Gasteiger partial charge in [0.1, 0.15) is 13.7 Å². The van der Waals surface area contributed by atoms with E-state index in [1.807, 2.05) is 0 Å². The molecule has 1 rings (SSSR count). The van der Waals surface area contributed by atoms with Gasteiger partial charge in [-0.05, 0) is 22.0 Å². The average molecular weight is 186 g/mol. The number of rotatable bonds is 0. The summed E-state index contributed by atoms with van der Waals surface area (Å²) in [6.45, 7) is 0. The summed E-state index contributed by atoms with van der Waals surface area (Å²) in [7, 11) is 5.27. The van der Waals surface area contributed by atoms with Crippen molar-refractivity contribution >= 4 is 29.2 Å². The summed E-state index contributed by atoms with van der Waals surface area (Å²) >= 11 is 3.03. The summed E-state index contributed by atoms with van der Waals surface area (Å²) in [6, 6.07) is 1.21. The first-order valence-corrected chi connectivity index (χ1v) is 3.06. The number of pyridine rings is 1. The first-order valence-electron chi connectivity index (χ1n) is 2.26. The van der Waals surface area contributed by atoms with Crippen LogP contribution in [0.25, 0.3) is 0 Å². The average Bonchev–Trinajstić information content (AvgIpc) is 1.80. The Hall–Kier alpha value is -0.375. The Bertz CT molecular complexity index is 228. The zero-order valence-electron chi connectivity index (χ0n) is 4.44. The topological polar surface area (TPSA) is 12.9 Å². The lowest BCUT2D eigenvalue weighted by Gasteiger charge is -1.93. The standard InChI is InChI=1S/C5H2BBrFN/c6-4-1-3(8)2-9-5(4)7/h1-2H. The normalized spacial score (nSPS) is 9.56. The summed E-state index contributed by atoms with van der Waals surface area (Å²) in [4.78, 5) is 3.59. The molecular weight excluding hydrogens is 184 g/mol. The lowest BCUT2D eigenvalue weighted by molar-refractivity contribution is 0.622. The quantitative estimate of drug-likeness (QED) is 0.430. The minimum Gasteiger partial charge on any atom is -0.247 e. The van der Waals surface area contributed by atoms with Gasteiger partial charge in [0.15, 0.2) is 0 Å². The molecule has 0 bridgehead atoms. The van der Waals surface area contributed by atoms with Crippen molar-refractivity contribution in [2.75, 3.05) is 0 Å². The van der Waals surface area contributed by atoms with Gasteiger partial charge in [-0.25, -0.2) is 9.37 Å². The van der Waals surface area contributed by atoms with E-state index in [1.165, 1.54) is 6.07 Å². The molecule has 0 atom stereocenters. The summed E-state index contributed by atoms with van der Waals surface area (Å²) < 4.78 is 12.7. The van der Waals surface area contributed by atoms with Crippen LogP contribution in [-0.4, -0.2) is 12.8 Å². The Balaban J connectivity index is 3.17. The van der Waals surface area contributed by atoms with Crippen LogP contribution >= 0.6 is 15.9 Å². The minimum atomic E-state index is -0.421. The highest BCUT2D eigenvalue weighted by atomic mass is 79.9. The maximum Gasteiger partial charge on any atom is 0.140 e. The van der Waals surface area contributed by atoms with Crippen molar-refractivity contribution in [2.45, 2.75) is 0 Å². The van der Waals surface area contributed by atoms with E-state index < -0.39 is 5.82 Å². The van der Waals surface area contributed by atoms with Crippen LogP contribution in [-0.2, 0) is 0 Å². The molecule has 0 N–H and O–H groups in total. The van der Waals surface area contributed by atoms with Crippen molar-refractivity contribution in [1.82, 2.24) is 4.98 Å². The molecule has 0 saturated carbocycles. The molecule has 0 aliphatic rings. The highest BCUT2D eigenvalue weighted by molar-refractivity contribution is 9.10. The molecule has 0 aliphatic carbocycles. The van der Waals surface area contributed by atoms with E-state index in [2.05, 4.69) is 20.9 Å². The second-order valence-corrected chi connectivity index (χ2v) is 2.28. The lowest BCUT2D eigenvalue weighted by atomic mass is 9.99. The Kier molecular flexibility index (Phi) is 1.85. The predicted molar refractivity (Wildman–Crippen MR) is 37.3 cm³/mol. The third-order valence-electron chi connectivity index (χ3n) is 0.833. The van der Waals surface area contributed by atoms with Gasteiger partial charge in [0.05, 0.1) is 10.8 Å². The van der Waals surface area contributed by atoms with Gasteiger partial charge in [0, 0.05) is 0 Å². The van der Waals surface area contributed by atoms with Crippen LogP contribution in [0, 0.1) is 5.82 Å². The zero-order valence-corrected chi connectivity index (χ0v) is 6.02. The number of hydrogen-bond acceptors (Lipinski definition) is 1. The van der Waals surface area contributed by atoms with Crippen molar-refractivity contribution < 1.29 is 4.39 Å². The highest BCUT2D eigenvalue weighted by Crippen LogP contribution is 2.00. The Morgan fingerprint density at radius 3 is 2.78 bits per heavy atom. The van der Waals surface area contributed by atoms with E-state index in [-0.39, 0.29) is 0 Å². The Morgan fingerprint density at radius 1 is 1.67 bits per heavy atom. The maximum atomic E-state index is 12.2. The van der Waals surface area contributed by atoms with Crippen LogP contribution in [0.3, 0.4) is 0 Å². The zero-order chi connectivity index (χ0) is 6.85. The van der Waals surface area contributed by atoms with Gasteiger partial charge in [0.25, 0.3) is 0 Å². The van der Waals surface area contributed by atoms with Crippen LogP contribution in [0.2, 0.25) is 0 Å². The summed E-state index contributed by atoms with van der Waals surface area (Å²) in [6.07, 6.45) is 1.10. The van der Waals surface area contributed by atoms with Gasteiger partial charge >= 0.3 is 0 Å². The number of aromatic nitrogens is 1.